The Morgan fingerprint density at radius 3 is 2.83 bits per heavy atom. The first-order valence-corrected chi connectivity index (χ1v) is 6.96. The third kappa shape index (κ3) is 1.85. The number of carbonyl (C=O) groups is 1. The van der Waals surface area contributed by atoms with E-state index in [1.54, 1.807) is 21.8 Å². The molecule has 0 spiro atoms. The molecule has 18 heavy (non-hydrogen) atoms. The molecule has 1 aliphatic rings. The van der Waals surface area contributed by atoms with Gasteiger partial charge in [0.15, 0.2) is 0 Å². The first kappa shape index (κ1) is 11.5. The third-order valence-electron chi connectivity index (χ3n) is 3.25. The molecule has 0 N–H and O–H groups in total. The van der Waals surface area contributed by atoms with Gasteiger partial charge in [-0.05, 0) is 0 Å². The Bertz CT molecular complexity index is 639. The summed E-state index contributed by atoms with van der Waals surface area (Å²) in [6.45, 7) is 0. The van der Waals surface area contributed by atoms with E-state index < -0.39 is 0 Å². The van der Waals surface area contributed by atoms with Gasteiger partial charge >= 0.3 is 114 Å². The molecule has 0 radical (unpaired) electrons. The number of aromatic nitrogens is 1. The van der Waals surface area contributed by atoms with Gasteiger partial charge in [-0.1, -0.05) is 0 Å². The van der Waals surface area contributed by atoms with Crippen LogP contribution in [-0.2, 0) is 11.2 Å². The van der Waals surface area contributed by atoms with E-state index in [9.17, 15) is 4.79 Å². The van der Waals surface area contributed by atoms with Crippen LogP contribution < -0.4 is 9.25 Å². The van der Waals surface area contributed by atoms with Crippen molar-refractivity contribution in [2.45, 2.75) is 6.42 Å². The van der Waals surface area contributed by atoms with E-state index in [1.165, 1.54) is 4.35 Å². The molecule has 3 nitrogen and oxygen atoms in total. The molecule has 1 atom stereocenters. The number of carbonyl (C=O) groups excluding carboxylic acids is 1. The SMILES string of the molecule is CN1C(=O)Cc2cc(-c3cncc([AsH2])c3)ccc21. The van der Waals surface area contributed by atoms with Crippen LogP contribution in [0.4, 0.5) is 5.69 Å². The second-order valence-corrected chi connectivity index (χ2v) is 5.88. The molecule has 0 aliphatic carbocycles. The van der Waals surface area contributed by atoms with Crippen molar-refractivity contribution in [3.63, 3.8) is 0 Å². The van der Waals surface area contributed by atoms with Crippen molar-refractivity contribution in [2.24, 2.45) is 0 Å². The summed E-state index contributed by atoms with van der Waals surface area (Å²) < 4.78 is 1.20. The molecule has 90 valence electrons. The molecular weight excluding hydrogens is 287 g/mol. The first-order valence-electron chi connectivity index (χ1n) is 5.75. The Labute approximate surface area is 114 Å². The summed E-state index contributed by atoms with van der Waals surface area (Å²) in [5.41, 5.74) is 4.37. The van der Waals surface area contributed by atoms with Crippen LogP contribution in [0.15, 0.2) is 36.7 Å². The summed E-state index contributed by atoms with van der Waals surface area (Å²) in [7, 11) is 1.82. The number of fused-ring (bicyclic) bond motifs is 1. The molecule has 2 heterocycles. The number of rotatable bonds is 1. The fourth-order valence-electron chi connectivity index (χ4n) is 2.27. The molecule has 1 amide bonds. The molecule has 4 heteroatoms. The van der Waals surface area contributed by atoms with Gasteiger partial charge in [0, 0.05) is 0 Å². The van der Waals surface area contributed by atoms with Crippen molar-refractivity contribution < 1.29 is 4.79 Å². The first-order chi connectivity index (χ1) is 8.65. The Morgan fingerprint density at radius 2 is 2.06 bits per heavy atom. The van der Waals surface area contributed by atoms with Gasteiger partial charge < -0.3 is 0 Å². The van der Waals surface area contributed by atoms with Gasteiger partial charge in [0.1, 0.15) is 0 Å². The Morgan fingerprint density at radius 1 is 1.22 bits per heavy atom. The number of pyridine rings is 1. The van der Waals surface area contributed by atoms with Gasteiger partial charge in [-0.3, -0.25) is 0 Å². The van der Waals surface area contributed by atoms with E-state index in [2.05, 4.69) is 23.2 Å². The van der Waals surface area contributed by atoms with Crippen LogP contribution in [0.5, 0.6) is 0 Å². The van der Waals surface area contributed by atoms with Crippen molar-refractivity contribution in [3.05, 3.63) is 42.2 Å². The number of likely N-dealkylation sites (N-methyl/N-ethyl adjacent to an activating group) is 1. The van der Waals surface area contributed by atoms with E-state index in [1.807, 2.05) is 25.5 Å². The van der Waals surface area contributed by atoms with Crippen molar-refractivity contribution in [1.29, 1.82) is 0 Å². The Balaban J connectivity index is 2.07. The van der Waals surface area contributed by atoms with Gasteiger partial charge in [0.05, 0.1) is 0 Å². The van der Waals surface area contributed by atoms with E-state index in [-0.39, 0.29) is 5.91 Å². The summed E-state index contributed by atoms with van der Waals surface area (Å²) >= 11 is 1.57. The number of hydrogen-bond acceptors (Lipinski definition) is 2. The average molecular weight is 300 g/mol. The van der Waals surface area contributed by atoms with Crippen LogP contribution in [0.25, 0.3) is 11.1 Å². The maximum absolute atomic E-state index is 11.6. The second-order valence-electron chi connectivity index (χ2n) is 4.48. The van der Waals surface area contributed by atoms with Gasteiger partial charge in [0.25, 0.3) is 0 Å². The van der Waals surface area contributed by atoms with Gasteiger partial charge in [0.2, 0.25) is 0 Å². The number of hydrogen-bond donors (Lipinski definition) is 0. The minimum absolute atomic E-state index is 0.160. The van der Waals surface area contributed by atoms with Crippen molar-refractivity contribution in [3.8, 4) is 11.1 Å². The molecule has 3 rings (SSSR count). The molecule has 1 aliphatic heterocycles. The van der Waals surface area contributed by atoms with E-state index in [0.29, 0.717) is 6.42 Å². The van der Waals surface area contributed by atoms with E-state index in [4.69, 9.17) is 0 Å². The maximum atomic E-state index is 11.6. The minimum atomic E-state index is 0.160. The second kappa shape index (κ2) is 4.25. The molecule has 0 fully saturated rings. The summed E-state index contributed by atoms with van der Waals surface area (Å²) in [6.07, 6.45) is 4.24. The summed E-state index contributed by atoms with van der Waals surface area (Å²) in [5, 5.41) is 0. The van der Waals surface area contributed by atoms with Crippen LogP contribution >= 0.6 is 0 Å². The van der Waals surface area contributed by atoms with Crippen molar-refractivity contribution in [1.82, 2.24) is 4.98 Å². The van der Waals surface area contributed by atoms with Crippen molar-refractivity contribution >= 4 is 32.8 Å². The van der Waals surface area contributed by atoms with Crippen LogP contribution in [0, 0.1) is 0 Å². The molecule has 1 aromatic carbocycles. The molecule has 1 aromatic heterocycles. The summed E-state index contributed by atoms with van der Waals surface area (Å²) in [6, 6.07) is 8.30. The van der Waals surface area contributed by atoms with Crippen LogP contribution in [-0.4, -0.2) is 34.8 Å². The fraction of sp³-hybridized carbons (Fsp3) is 0.143. The molecular formula is C14H13AsN2O. The van der Waals surface area contributed by atoms with E-state index in [0.717, 1.165) is 22.4 Å². The van der Waals surface area contributed by atoms with Crippen LogP contribution in [0.3, 0.4) is 0 Å². The van der Waals surface area contributed by atoms with Gasteiger partial charge in [-0.2, -0.15) is 0 Å². The molecule has 0 saturated carbocycles. The molecule has 0 saturated heterocycles. The Kier molecular flexibility index (Phi) is 2.71. The Hall–Kier alpha value is -1.60. The van der Waals surface area contributed by atoms with Crippen LogP contribution in [0.2, 0.25) is 0 Å². The fourth-order valence-corrected chi connectivity index (χ4v) is 2.82. The predicted molar refractivity (Wildman–Crippen MR) is 75.0 cm³/mol. The summed E-state index contributed by atoms with van der Waals surface area (Å²) in [5.74, 6) is 0.160. The standard InChI is InChI=1S/C14H13AsN2O/c1-17-13-3-2-9(4-10(13)6-14(17)18)11-5-12(15)8-16-7-11/h2-5,7-8H,6,15H2,1H3. The zero-order chi connectivity index (χ0) is 12.7. The van der Waals surface area contributed by atoms with Crippen molar-refractivity contribution in [2.75, 3.05) is 11.9 Å². The average Bonchev–Trinajstić information content (AvgIpc) is 2.65. The number of anilines is 1. The predicted octanol–water partition coefficient (Wildman–Crippen LogP) is 0.526. The molecule has 2 aromatic rings. The molecule has 1 unspecified atom stereocenters. The topological polar surface area (TPSA) is 33.2 Å². The summed E-state index contributed by atoms with van der Waals surface area (Å²) in [4.78, 5) is 17.6. The number of amides is 1. The van der Waals surface area contributed by atoms with Gasteiger partial charge in [-0.25, -0.2) is 0 Å². The normalized spacial score (nSPS) is 13.9. The molecule has 0 bridgehead atoms. The van der Waals surface area contributed by atoms with Crippen LogP contribution in [0.1, 0.15) is 5.56 Å². The van der Waals surface area contributed by atoms with Gasteiger partial charge in [-0.15, -0.1) is 0 Å². The monoisotopic (exact) mass is 300 g/mol. The number of nitrogens with zero attached hydrogens (tertiary/aromatic N) is 2. The van der Waals surface area contributed by atoms with E-state index >= 15 is 0 Å². The third-order valence-corrected chi connectivity index (χ3v) is 3.91. The quantitative estimate of drug-likeness (QED) is 0.720. The zero-order valence-electron chi connectivity index (χ0n) is 10.1. The number of benzene rings is 1. The zero-order valence-corrected chi connectivity index (χ0v) is 12.5.